The van der Waals surface area contributed by atoms with Crippen molar-refractivity contribution in [3.63, 3.8) is 0 Å². The zero-order valence-electron chi connectivity index (χ0n) is 10.7. The van der Waals surface area contributed by atoms with E-state index in [0.29, 0.717) is 5.92 Å². The summed E-state index contributed by atoms with van der Waals surface area (Å²) in [6.07, 6.45) is 2.39. The van der Waals surface area contributed by atoms with E-state index in [1.54, 1.807) is 0 Å². The molecule has 0 radical (unpaired) electrons. The number of nitrogens with one attached hydrogen (secondary N) is 1. The molecule has 0 aliphatic heterocycles. The van der Waals surface area contributed by atoms with E-state index in [-0.39, 0.29) is 0 Å². The fourth-order valence-corrected chi connectivity index (χ4v) is 2.40. The van der Waals surface area contributed by atoms with Gasteiger partial charge in [-0.3, -0.25) is 0 Å². The van der Waals surface area contributed by atoms with Crippen molar-refractivity contribution in [3.8, 4) is 0 Å². The lowest BCUT2D eigenvalue weighted by molar-refractivity contribution is 0.802. The highest BCUT2D eigenvalue weighted by molar-refractivity contribution is 5.85. The highest BCUT2D eigenvalue weighted by Crippen LogP contribution is 2.29. The van der Waals surface area contributed by atoms with Gasteiger partial charge < -0.3 is 4.98 Å². The molecule has 0 spiro atoms. The molecule has 0 saturated carbocycles. The number of aromatic nitrogens is 1. The maximum absolute atomic E-state index is 3.59. The van der Waals surface area contributed by atoms with Crippen LogP contribution in [0.25, 0.3) is 10.9 Å². The maximum Gasteiger partial charge on any atom is 0.0461 e. The van der Waals surface area contributed by atoms with Gasteiger partial charge in [-0.15, -0.1) is 0 Å². The van der Waals surface area contributed by atoms with Crippen LogP contribution in [-0.2, 0) is 6.42 Å². The van der Waals surface area contributed by atoms with Gasteiger partial charge in [-0.25, -0.2) is 0 Å². The molecule has 86 valence electrons. The van der Waals surface area contributed by atoms with Gasteiger partial charge in [-0.1, -0.05) is 39.3 Å². The van der Waals surface area contributed by atoms with E-state index in [1.807, 2.05) is 0 Å². The number of hydrogen-bond acceptors (Lipinski definition) is 0. The van der Waals surface area contributed by atoms with Crippen LogP contribution in [0.3, 0.4) is 0 Å². The molecule has 1 aromatic carbocycles. The first-order chi connectivity index (χ1) is 7.63. The SMILES string of the molecule is CCCc1c(C(C)C)[nH]c2cc(C)ccc12. The molecule has 0 atom stereocenters. The molecule has 0 unspecified atom stereocenters. The Hall–Kier alpha value is -1.24. The summed E-state index contributed by atoms with van der Waals surface area (Å²) in [5.41, 5.74) is 5.56. The molecule has 2 aromatic rings. The standard InChI is InChI=1S/C15H21N/c1-5-6-13-12-8-7-11(4)9-14(12)16-15(13)10(2)3/h7-10,16H,5-6H2,1-4H3. The molecule has 1 nitrogen and oxygen atoms in total. The van der Waals surface area contributed by atoms with Crippen LogP contribution in [0.5, 0.6) is 0 Å². The number of H-pyrrole nitrogens is 1. The zero-order valence-corrected chi connectivity index (χ0v) is 10.7. The van der Waals surface area contributed by atoms with Crippen molar-refractivity contribution in [1.82, 2.24) is 4.98 Å². The van der Waals surface area contributed by atoms with E-state index in [2.05, 4.69) is 50.9 Å². The van der Waals surface area contributed by atoms with E-state index in [9.17, 15) is 0 Å². The first-order valence-electron chi connectivity index (χ1n) is 6.24. The van der Waals surface area contributed by atoms with Crippen molar-refractivity contribution in [1.29, 1.82) is 0 Å². The van der Waals surface area contributed by atoms with Crippen LogP contribution in [0.1, 0.15) is 49.9 Å². The molecule has 2 rings (SSSR count). The minimum Gasteiger partial charge on any atom is -0.358 e. The predicted molar refractivity (Wildman–Crippen MR) is 71.1 cm³/mol. The lowest BCUT2D eigenvalue weighted by Crippen LogP contribution is -1.93. The average Bonchev–Trinajstić information content (AvgIpc) is 2.57. The van der Waals surface area contributed by atoms with E-state index < -0.39 is 0 Å². The molecular formula is C15H21N. The fraction of sp³-hybridized carbons (Fsp3) is 0.467. The van der Waals surface area contributed by atoms with Crippen LogP contribution in [0, 0.1) is 6.92 Å². The van der Waals surface area contributed by atoms with Gasteiger partial charge in [-0.05, 0) is 36.5 Å². The summed E-state index contributed by atoms with van der Waals surface area (Å²) in [5.74, 6) is 0.578. The van der Waals surface area contributed by atoms with Crippen LogP contribution in [0.2, 0.25) is 0 Å². The van der Waals surface area contributed by atoms with Crippen molar-refractivity contribution in [2.75, 3.05) is 0 Å². The van der Waals surface area contributed by atoms with Crippen molar-refractivity contribution < 1.29 is 0 Å². The third-order valence-electron chi connectivity index (χ3n) is 3.17. The highest BCUT2D eigenvalue weighted by atomic mass is 14.7. The van der Waals surface area contributed by atoms with Gasteiger partial charge in [0.2, 0.25) is 0 Å². The summed E-state index contributed by atoms with van der Waals surface area (Å²) in [7, 11) is 0. The Kier molecular flexibility index (Phi) is 3.04. The van der Waals surface area contributed by atoms with E-state index in [0.717, 1.165) is 0 Å². The molecule has 0 fully saturated rings. The largest absolute Gasteiger partial charge is 0.358 e. The molecule has 0 bridgehead atoms. The molecule has 0 aliphatic rings. The van der Waals surface area contributed by atoms with Gasteiger partial charge in [0, 0.05) is 16.6 Å². The topological polar surface area (TPSA) is 15.8 Å². The number of aromatic amines is 1. The van der Waals surface area contributed by atoms with E-state index in [4.69, 9.17) is 0 Å². The van der Waals surface area contributed by atoms with Crippen molar-refractivity contribution in [2.24, 2.45) is 0 Å². The molecule has 1 aromatic heterocycles. The molecule has 0 saturated heterocycles. The van der Waals surface area contributed by atoms with Gasteiger partial charge in [0.15, 0.2) is 0 Å². The molecule has 1 N–H and O–H groups in total. The van der Waals surface area contributed by atoms with Crippen LogP contribution >= 0.6 is 0 Å². The Morgan fingerprint density at radius 2 is 2.00 bits per heavy atom. The number of rotatable bonds is 3. The normalized spacial score (nSPS) is 11.6. The lowest BCUT2D eigenvalue weighted by Gasteiger charge is -2.06. The third-order valence-corrected chi connectivity index (χ3v) is 3.17. The van der Waals surface area contributed by atoms with Crippen LogP contribution in [0.4, 0.5) is 0 Å². The maximum atomic E-state index is 3.59. The third kappa shape index (κ3) is 1.87. The quantitative estimate of drug-likeness (QED) is 0.773. The van der Waals surface area contributed by atoms with Gasteiger partial charge in [0.1, 0.15) is 0 Å². The molecular weight excluding hydrogens is 194 g/mol. The second kappa shape index (κ2) is 4.32. The molecule has 0 aliphatic carbocycles. The summed E-state index contributed by atoms with van der Waals surface area (Å²) in [6, 6.07) is 6.72. The molecule has 1 heteroatoms. The zero-order chi connectivity index (χ0) is 11.7. The Labute approximate surface area is 97.9 Å². The Morgan fingerprint density at radius 3 is 2.62 bits per heavy atom. The summed E-state index contributed by atoms with van der Waals surface area (Å²) in [5, 5.41) is 1.41. The minimum atomic E-state index is 0.578. The first-order valence-corrected chi connectivity index (χ1v) is 6.24. The van der Waals surface area contributed by atoms with Crippen molar-refractivity contribution >= 4 is 10.9 Å². The fourth-order valence-electron chi connectivity index (χ4n) is 2.40. The lowest BCUT2D eigenvalue weighted by atomic mass is 9.99. The number of fused-ring (bicyclic) bond motifs is 1. The van der Waals surface area contributed by atoms with E-state index in [1.165, 1.54) is 40.6 Å². The van der Waals surface area contributed by atoms with Crippen LogP contribution in [-0.4, -0.2) is 4.98 Å². The van der Waals surface area contributed by atoms with Gasteiger partial charge in [0.05, 0.1) is 0 Å². The average molecular weight is 215 g/mol. The summed E-state index contributed by atoms with van der Waals surface area (Å²) >= 11 is 0. The summed E-state index contributed by atoms with van der Waals surface area (Å²) in [6.45, 7) is 8.92. The Morgan fingerprint density at radius 1 is 1.25 bits per heavy atom. The Bertz CT molecular complexity index is 491. The van der Waals surface area contributed by atoms with Gasteiger partial charge >= 0.3 is 0 Å². The number of benzene rings is 1. The summed E-state index contributed by atoms with van der Waals surface area (Å²) < 4.78 is 0. The number of aryl methyl sites for hydroxylation is 2. The summed E-state index contributed by atoms with van der Waals surface area (Å²) in [4.78, 5) is 3.59. The second-order valence-electron chi connectivity index (χ2n) is 4.97. The van der Waals surface area contributed by atoms with E-state index >= 15 is 0 Å². The minimum absolute atomic E-state index is 0.578. The predicted octanol–water partition coefficient (Wildman–Crippen LogP) is 4.55. The molecule has 0 amide bonds. The highest BCUT2D eigenvalue weighted by Gasteiger charge is 2.12. The Balaban J connectivity index is 2.65. The first kappa shape index (κ1) is 11.3. The van der Waals surface area contributed by atoms with Crippen LogP contribution < -0.4 is 0 Å². The van der Waals surface area contributed by atoms with Gasteiger partial charge in [-0.2, -0.15) is 0 Å². The monoisotopic (exact) mass is 215 g/mol. The van der Waals surface area contributed by atoms with Crippen LogP contribution in [0.15, 0.2) is 18.2 Å². The van der Waals surface area contributed by atoms with Crippen molar-refractivity contribution in [3.05, 3.63) is 35.0 Å². The number of hydrogen-bond donors (Lipinski definition) is 1. The molecule has 16 heavy (non-hydrogen) atoms. The van der Waals surface area contributed by atoms with Gasteiger partial charge in [0.25, 0.3) is 0 Å². The second-order valence-corrected chi connectivity index (χ2v) is 4.97. The molecule has 1 heterocycles. The smallest absolute Gasteiger partial charge is 0.0461 e. The van der Waals surface area contributed by atoms with Crippen molar-refractivity contribution in [2.45, 2.75) is 46.5 Å².